The molecule has 0 saturated heterocycles. The number of thiazole rings is 1. The Kier molecular flexibility index (Phi) is 6.13. The highest BCUT2D eigenvalue weighted by Crippen LogP contribution is 2.31. The molecule has 0 unspecified atom stereocenters. The van der Waals surface area contributed by atoms with Crippen molar-refractivity contribution >= 4 is 32.6 Å². The van der Waals surface area contributed by atoms with Crippen LogP contribution in [0.3, 0.4) is 0 Å². The average molecular weight is 385 g/mol. The van der Waals surface area contributed by atoms with Gasteiger partial charge in [-0.25, -0.2) is 4.98 Å². The first kappa shape index (κ1) is 19.0. The van der Waals surface area contributed by atoms with Crippen LogP contribution in [0, 0.1) is 0 Å². The number of unbranched alkanes of at least 4 members (excludes halogenated alkanes) is 1. The van der Waals surface area contributed by atoms with Crippen molar-refractivity contribution in [3.8, 4) is 11.5 Å². The van der Waals surface area contributed by atoms with Crippen molar-refractivity contribution < 1.29 is 14.3 Å². The van der Waals surface area contributed by atoms with Gasteiger partial charge >= 0.3 is 0 Å². The normalized spacial score (nSPS) is 10.6. The predicted molar refractivity (Wildman–Crippen MR) is 109 cm³/mol. The smallest absolute Gasteiger partial charge is 0.273 e. The van der Waals surface area contributed by atoms with Crippen molar-refractivity contribution in [1.82, 2.24) is 10.4 Å². The summed E-state index contributed by atoms with van der Waals surface area (Å²) in [4.78, 5) is 17.0. The molecule has 0 aliphatic carbocycles. The van der Waals surface area contributed by atoms with E-state index in [1.165, 1.54) is 44.0 Å². The lowest BCUT2D eigenvalue weighted by molar-refractivity contribution is 0.0959. The number of carbonyl (C=O) groups is 1. The van der Waals surface area contributed by atoms with Crippen molar-refractivity contribution in [1.29, 1.82) is 0 Å². The number of methoxy groups -OCH3 is 2. The van der Waals surface area contributed by atoms with Crippen LogP contribution in [0.2, 0.25) is 0 Å². The SMILES string of the molecule is CCCCc1ccc2nc(NNC(=O)c3cccc(OC)c3OC)sc2c1. The van der Waals surface area contributed by atoms with Crippen LogP contribution in [0.1, 0.15) is 35.7 Å². The number of anilines is 1. The average Bonchev–Trinajstić information content (AvgIpc) is 3.11. The third kappa shape index (κ3) is 4.31. The fourth-order valence-electron chi connectivity index (χ4n) is 2.80. The summed E-state index contributed by atoms with van der Waals surface area (Å²) in [7, 11) is 3.04. The first-order valence-corrected chi connectivity index (χ1v) is 9.64. The number of hydrogen-bond donors (Lipinski definition) is 2. The number of nitrogens with one attached hydrogen (secondary N) is 2. The molecule has 0 aliphatic rings. The van der Waals surface area contributed by atoms with Gasteiger partial charge in [-0.1, -0.05) is 36.8 Å². The van der Waals surface area contributed by atoms with Crippen LogP contribution in [0.4, 0.5) is 5.13 Å². The molecule has 0 atom stereocenters. The zero-order valence-corrected chi connectivity index (χ0v) is 16.5. The molecule has 1 aromatic heterocycles. The fraction of sp³-hybridized carbons (Fsp3) is 0.300. The monoisotopic (exact) mass is 385 g/mol. The Bertz CT molecular complexity index is 939. The highest BCUT2D eigenvalue weighted by Gasteiger charge is 2.16. The van der Waals surface area contributed by atoms with Crippen molar-refractivity contribution in [2.45, 2.75) is 26.2 Å². The van der Waals surface area contributed by atoms with Crippen LogP contribution in [-0.4, -0.2) is 25.1 Å². The number of fused-ring (bicyclic) bond motifs is 1. The molecule has 0 spiro atoms. The largest absolute Gasteiger partial charge is 0.493 e. The Labute approximate surface area is 162 Å². The summed E-state index contributed by atoms with van der Waals surface area (Å²) in [5.41, 5.74) is 8.17. The molecule has 2 N–H and O–H groups in total. The van der Waals surface area contributed by atoms with Crippen molar-refractivity contribution in [2.24, 2.45) is 0 Å². The van der Waals surface area contributed by atoms with Crippen LogP contribution < -0.4 is 20.3 Å². The summed E-state index contributed by atoms with van der Waals surface area (Å²) in [6, 6.07) is 11.5. The van der Waals surface area contributed by atoms with E-state index in [0.29, 0.717) is 22.2 Å². The van der Waals surface area contributed by atoms with Gasteiger partial charge in [-0.05, 0) is 42.7 Å². The molecule has 6 nitrogen and oxygen atoms in total. The quantitative estimate of drug-likeness (QED) is 0.562. The lowest BCUT2D eigenvalue weighted by Crippen LogP contribution is -2.29. The lowest BCUT2D eigenvalue weighted by atomic mass is 10.1. The summed E-state index contributed by atoms with van der Waals surface area (Å²) < 4.78 is 11.6. The van der Waals surface area contributed by atoms with Crippen molar-refractivity contribution in [3.05, 3.63) is 47.5 Å². The molecule has 7 heteroatoms. The first-order chi connectivity index (χ1) is 13.2. The third-order valence-electron chi connectivity index (χ3n) is 4.20. The number of ether oxygens (including phenoxy) is 2. The number of hydrazine groups is 1. The maximum Gasteiger partial charge on any atom is 0.273 e. The minimum Gasteiger partial charge on any atom is -0.493 e. The maximum absolute atomic E-state index is 12.5. The van der Waals surface area contributed by atoms with E-state index < -0.39 is 0 Å². The van der Waals surface area contributed by atoms with Gasteiger partial charge in [0.05, 0.1) is 30.0 Å². The lowest BCUT2D eigenvalue weighted by Gasteiger charge is -2.12. The van der Waals surface area contributed by atoms with Gasteiger partial charge in [0.1, 0.15) is 0 Å². The number of nitrogens with zero attached hydrogens (tertiary/aromatic N) is 1. The Morgan fingerprint density at radius 1 is 1.19 bits per heavy atom. The molecule has 3 rings (SSSR count). The van der Waals surface area contributed by atoms with E-state index in [1.54, 1.807) is 18.2 Å². The number of aryl methyl sites for hydroxylation is 1. The highest BCUT2D eigenvalue weighted by molar-refractivity contribution is 7.22. The summed E-state index contributed by atoms with van der Waals surface area (Å²) in [6.07, 6.45) is 3.42. The van der Waals surface area contributed by atoms with Crippen LogP contribution in [0.25, 0.3) is 10.2 Å². The number of aromatic nitrogens is 1. The van der Waals surface area contributed by atoms with Gasteiger partial charge in [0.25, 0.3) is 5.91 Å². The number of benzene rings is 2. The van der Waals surface area contributed by atoms with Gasteiger partial charge in [-0.15, -0.1) is 0 Å². The van der Waals surface area contributed by atoms with E-state index in [2.05, 4.69) is 34.9 Å². The van der Waals surface area contributed by atoms with Gasteiger partial charge in [0.15, 0.2) is 11.5 Å². The van der Waals surface area contributed by atoms with E-state index in [-0.39, 0.29) is 5.91 Å². The molecular weight excluding hydrogens is 362 g/mol. The van der Waals surface area contributed by atoms with E-state index in [1.807, 2.05) is 6.07 Å². The summed E-state index contributed by atoms with van der Waals surface area (Å²) in [6.45, 7) is 2.19. The van der Waals surface area contributed by atoms with E-state index in [0.717, 1.165) is 16.6 Å². The van der Waals surface area contributed by atoms with Gasteiger partial charge in [-0.3, -0.25) is 15.6 Å². The minimum atomic E-state index is -0.325. The molecule has 1 amide bonds. The molecule has 142 valence electrons. The standard InChI is InChI=1S/C20H23N3O3S/c1-4-5-7-13-10-11-15-17(12-13)27-20(21-15)23-22-19(24)14-8-6-9-16(25-2)18(14)26-3/h6,8-12H,4-5,7H2,1-3H3,(H,21,23)(H,22,24). The van der Waals surface area contributed by atoms with E-state index >= 15 is 0 Å². The Morgan fingerprint density at radius 2 is 2.04 bits per heavy atom. The second-order valence-electron chi connectivity index (χ2n) is 6.04. The Hall–Kier alpha value is -2.80. The van der Waals surface area contributed by atoms with Gasteiger partial charge < -0.3 is 9.47 Å². The molecule has 0 saturated carbocycles. The van der Waals surface area contributed by atoms with Crippen LogP contribution in [0.15, 0.2) is 36.4 Å². The van der Waals surface area contributed by atoms with E-state index in [4.69, 9.17) is 9.47 Å². The molecule has 0 bridgehead atoms. The number of hydrogen-bond acceptors (Lipinski definition) is 6. The molecule has 27 heavy (non-hydrogen) atoms. The molecule has 1 heterocycles. The number of amides is 1. The molecular formula is C20H23N3O3S. The Balaban J connectivity index is 1.72. The zero-order valence-electron chi connectivity index (χ0n) is 15.7. The molecule has 0 fully saturated rings. The van der Waals surface area contributed by atoms with Gasteiger partial charge in [0, 0.05) is 0 Å². The Morgan fingerprint density at radius 3 is 2.78 bits per heavy atom. The summed E-state index contributed by atoms with van der Waals surface area (Å²) in [5, 5.41) is 0.632. The van der Waals surface area contributed by atoms with Crippen LogP contribution >= 0.6 is 11.3 Å². The van der Waals surface area contributed by atoms with Crippen molar-refractivity contribution in [3.63, 3.8) is 0 Å². The molecule has 0 aliphatic heterocycles. The van der Waals surface area contributed by atoms with E-state index in [9.17, 15) is 4.79 Å². The molecule has 2 aromatic carbocycles. The summed E-state index contributed by atoms with van der Waals surface area (Å²) >= 11 is 1.51. The number of para-hydroxylation sites is 1. The van der Waals surface area contributed by atoms with Crippen LogP contribution in [-0.2, 0) is 6.42 Å². The first-order valence-electron chi connectivity index (χ1n) is 8.83. The molecule has 0 radical (unpaired) electrons. The number of carbonyl (C=O) groups excluding carboxylic acids is 1. The van der Waals surface area contributed by atoms with Crippen molar-refractivity contribution in [2.75, 3.05) is 19.6 Å². The zero-order chi connectivity index (χ0) is 19.2. The van der Waals surface area contributed by atoms with Gasteiger partial charge in [0.2, 0.25) is 5.13 Å². The highest BCUT2D eigenvalue weighted by atomic mass is 32.1. The van der Waals surface area contributed by atoms with Crippen LogP contribution in [0.5, 0.6) is 11.5 Å². The predicted octanol–water partition coefficient (Wildman–Crippen LogP) is 4.41. The summed E-state index contributed by atoms with van der Waals surface area (Å²) in [5.74, 6) is 0.572. The minimum absolute atomic E-state index is 0.325. The fourth-order valence-corrected chi connectivity index (χ4v) is 3.69. The van der Waals surface area contributed by atoms with Gasteiger partial charge in [-0.2, -0.15) is 0 Å². The number of rotatable bonds is 8. The second-order valence-corrected chi connectivity index (χ2v) is 7.08. The topological polar surface area (TPSA) is 72.5 Å². The maximum atomic E-state index is 12.5. The third-order valence-corrected chi connectivity index (χ3v) is 5.14. The second kappa shape index (κ2) is 8.73. The molecule has 3 aromatic rings.